The van der Waals surface area contributed by atoms with Gasteiger partial charge >= 0.3 is 8.25 Å². The smallest absolute Gasteiger partial charge is 0.261 e. The van der Waals surface area contributed by atoms with E-state index in [1.165, 1.54) is 0 Å². The van der Waals surface area contributed by atoms with Crippen LogP contribution in [-0.4, -0.2) is 16.8 Å². The van der Waals surface area contributed by atoms with E-state index >= 15 is 0 Å². The van der Waals surface area contributed by atoms with E-state index in [2.05, 4.69) is 7.94 Å². The highest BCUT2D eigenvalue weighted by molar-refractivity contribution is 7.76. The highest BCUT2D eigenvalue weighted by Crippen LogP contribution is 2.22. The Kier molecular flexibility index (Phi) is 4.83. The van der Waals surface area contributed by atoms with Crippen molar-refractivity contribution in [1.82, 2.24) is 0 Å². The van der Waals surface area contributed by atoms with Crippen molar-refractivity contribution in [2.75, 3.05) is 0 Å². The van der Waals surface area contributed by atoms with E-state index in [4.69, 9.17) is 0 Å². The summed E-state index contributed by atoms with van der Waals surface area (Å²) in [5, 5.41) is 0. The molecule has 0 spiro atoms. The van der Waals surface area contributed by atoms with Gasteiger partial charge in [-0.1, -0.05) is 0 Å². The summed E-state index contributed by atoms with van der Waals surface area (Å²) in [5.74, 6) is 0. The minimum Gasteiger partial charge on any atom is -0.261 e. The average Bonchev–Trinajstić information content (AvgIpc) is 1.58. The fraction of sp³-hybridized carbons (Fsp3) is 0. The molecule has 62 valence electrons. The molecule has 0 fully saturated rings. The standard InChI is InChI=1S/H3O7PS2/c1-8(6-9(2)3)7-10(4)5/h8-10H. The van der Waals surface area contributed by atoms with Crippen molar-refractivity contribution in [3.63, 3.8) is 0 Å². The lowest BCUT2D eigenvalue weighted by Gasteiger charge is -1.88. The molecule has 10 heavy (non-hydrogen) atoms. The van der Waals surface area contributed by atoms with Crippen LogP contribution in [0.15, 0.2) is 0 Å². The van der Waals surface area contributed by atoms with Gasteiger partial charge in [-0.3, -0.25) is 4.57 Å². The van der Waals surface area contributed by atoms with Crippen LogP contribution in [0.3, 0.4) is 0 Å². The zero-order valence-electron chi connectivity index (χ0n) is 4.25. The predicted molar refractivity (Wildman–Crippen MR) is 31.8 cm³/mol. The van der Waals surface area contributed by atoms with Crippen LogP contribution in [0.4, 0.5) is 0 Å². The largest absolute Gasteiger partial charge is 0.348 e. The minimum absolute atomic E-state index is 3.33. The normalized spacial score (nSPS) is 11.5. The van der Waals surface area contributed by atoms with Crippen molar-refractivity contribution < 1.29 is 29.3 Å². The number of rotatable bonds is 4. The molecule has 0 aliphatic carbocycles. The van der Waals surface area contributed by atoms with Crippen molar-refractivity contribution in [2.45, 2.75) is 0 Å². The monoisotopic (exact) mass is 210 g/mol. The Morgan fingerprint density at radius 1 is 0.900 bits per heavy atom. The van der Waals surface area contributed by atoms with Gasteiger partial charge in [0, 0.05) is 0 Å². The Bertz CT molecular complexity index is 215. The van der Waals surface area contributed by atoms with Crippen LogP contribution in [0.1, 0.15) is 0 Å². The second-order valence-corrected chi connectivity index (χ2v) is 3.73. The molecule has 0 saturated heterocycles. The lowest BCUT2D eigenvalue weighted by Crippen LogP contribution is -1.80. The van der Waals surface area contributed by atoms with Crippen LogP contribution in [-0.2, 0) is 34.5 Å². The van der Waals surface area contributed by atoms with Gasteiger partial charge in [-0.05, 0) is 0 Å². The van der Waals surface area contributed by atoms with E-state index in [-0.39, 0.29) is 0 Å². The first-order valence-electron chi connectivity index (χ1n) is 1.71. The minimum atomic E-state index is -3.43. The van der Waals surface area contributed by atoms with Crippen LogP contribution < -0.4 is 0 Å². The summed E-state index contributed by atoms with van der Waals surface area (Å²) in [6, 6.07) is 0. The third-order valence-electron chi connectivity index (χ3n) is 0.298. The van der Waals surface area contributed by atoms with E-state index in [1.54, 1.807) is 0 Å². The summed E-state index contributed by atoms with van der Waals surface area (Å²) >= 11 is 0. The first-order valence-corrected chi connectivity index (χ1v) is 5.12. The lowest BCUT2D eigenvalue weighted by molar-refractivity contribution is 0.420. The molecule has 0 amide bonds. The van der Waals surface area contributed by atoms with Crippen molar-refractivity contribution in [3.8, 4) is 0 Å². The molecular weight excluding hydrogens is 207 g/mol. The first-order chi connectivity index (χ1) is 4.52. The summed E-state index contributed by atoms with van der Waals surface area (Å²) < 4.78 is 55.2. The molecule has 7 nitrogen and oxygen atoms in total. The van der Waals surface area contributed by atoms with Crippen molar-refractivity contribution in [3.05, 3.63) is 0 Å². The Morgan fingerprint density at radius 2 is 1.20 bits per heavy atom. The zero-order chi connectivity index (χ0) is 8.15. The second-order valence-electron chi connectivity index (χ2n) is 0.880. The van der Waals surface area contributed by atoms with Gasteiger partial charge in [0.25, 0.3) is 22.0 Å². The van der Waals surface area contributed by atoms with E-state index in [9.17, 15) is 21.4 Å². The van der Waals surface area contributed by atoms with E-state index in [0.29, 0.717) is 0 Å². The lowest BCUT2D eigenvalue weighted by atomic mass is 15.8. The molecule has 0 heterocycles. The van der Waals surface area contributed by atoms with Crippen molar-refractivity contribution in [1.29, 1.82) is 0 Å². The molecule has 0 atom stereocenters. The maximum atomic E-state index is 10.0. The Balaban J connectivity index is 3.88. The average molecular weight is 210 g/mol. The van der Waals surface area contributed by atoms with Gasteiger partial charge in [0.2, 0.25) is 0 Å². The van der Waals surface area contributed by atoms with Crippen LogP contribution in [0.2, 0.25) is 0 Å². The van der Waals surface area contributed by atoms with Crippen LogP contribution in [0.25, 0.3) is 0 Å². The van der Waals surface area contributed by atoms with E-state index < -0.39 is 30.2 Å². The number of hydrogen-bond acceptors (Lipinski definition) is 7. The molecule has 0 aromatic rings. The topological polar surface area (TPSA) is 104 Å². The van der Waals surface area contributed by atoms with Gasteiger partial charge in [0.15, 0.2) is 0 Å². The molecule has 0 aliphatic heterocycles. The molecule has 0 N–H and O–H groups in total. The summed E-state index contributed by atoms with van der Waals surface area (Å²) in [4.78, 5) is 0. The SMILES string of the molecule is O=[PH](O[SH](=O)=O)O[SH](=O)=O. The maximum absolute atomic E-state index is 10.0. The first kappa shape index (κ1) is 10.0. The Hall–Kier alpha value is 0.0500. The summed E-state index contributed by atoms with van der Waals surface area (Å²) in [7, 11) is -10.1. The molecule has 0 unspecified atom stereocenters. The number of hydrogen-bond donors (Lipinski definition) is 2. The third-order valence-corrected chi connectivity index (χ3v) is 2.68. The van der Waals surface area contributed by atoms with Crippen LogP contribution in [0, 0.1) is 0 Å². The summed E-state index contributed by atoms with van der Waals surface area (Å²) in [6.07, 6.45) is 0. The van der Waals surface area contributed by atoms with Crippen molar-refractivity contribution >= 4 is 30.2 Å². The predicted octanol–water partition coefficient (Wildman–Crippen LogP) is -1.54. The van der Waals surface area contributed by atoms with Gasteiger partial charge in [0.1, 0.15) is 0 Å². The molecular formula is H3O7PS2. The van der Waals surface area contributed by atoms with Gasteiger partial charge < -0.3 is 0 Å². The molecule has 0 aromatic heterocycles. The molecule has 10 heteroatoms. The summed E-state index contributed by atoms with van der Waals surface area (Å²) in [5.41, 5.74) is 0. The quantitative estimate of drug-likeness (QED) is 0.428. The number of thiol groups is 2. The molecule has 0 rings (SSSR count). The summed E-state index contributed by atoms with van der Waals surface area (Å²) in [6.45, 7) is 0. The fourth-order valence-corrected chi connectivity index (χ4v) is 1.55. The van der Waals surface area contributed by atoms with Gasteiger partial charge in [-0.15, -0.1) is 0 Å². The molecule has 0 radical (unpaired) electrons. The van der Waals surface area contributed by atoms with Gasteiger partial charge in [-0.25, -0.2) is 16.8 Å². The van der Waals surface area contributed by atoms with Crippen LogP contribution >= 0.6 is 8.25 Å². The maximum Gasteiger partial charge on any atom is 0.348 e. The fourth-order valence-electron chi connectivity index (χ4n) is 0.138. The molecule has 0 bridgehead atoms. The van der Waals surface area contributed by atoms with Crippen LogP contribution in [0.5, 0.6) is 0 Å². The van der Waals surface area contributed by atoms with E-state index in [0.717, 1.165) is 0 Å². The van der Waals surface area contributed by atoms with Crippen molar-refractivity contribution in [2.24, 2.45) is 0 Å². The highest BCUT2D eigenvalue weighted by atomic mass is 32.2. The van der Waals surface area contributed by atoms with Gasteiger partial charge in [-0.2, -0.15) is 7.94 Å². The highest BCUT2D eigenvalue weighted by Gasteiger charge is 2.00. The molecule has 0 aromatic carbocycles. The molecule has 0 aliphatic rings. The van der Waals surface area contributed by atoms with E-state index in [1.807, 2.05) is 0 Å². The zero-order valence-corrected chi connectivity index (χ0v) is 7.04. The Morgan fingerprint density at radius 3 is 1.40 bits per heavy atom. The second kappa shape index (κ2) is 4.80. The molecule has 0 saturated carbocycles. The Labute approximate surface area is 60.2 Å². The third kappa shape index (κ3) is 6.17. The van der Waals surface area contributed by atoms with Gasteiger partial charge in [0.05, 0.1) is 0 Å².